The van der Waals surface area contributed by atoms with Gasteiger partial charge in [-0.1, -0.05) is 152 Å². The molecule has 1 atom stereocenters. The van der Waals surface area contributed by atoms with E-state index >= 15 is 0 Å². The van der Waals surface area contributed by atoms with Gasteiger partial charge in [-0.15, -0.1) is 0 Å². The molecule has 0 N–H and O–H groups in total. The van der Waals surface area contributed by atoms with Crippen molar-refractivity contribution < 1.29 is 14.3 Å². The van der Waals surface area contributed by atoms with E-state index in [-0.39, 0.29) is 0 Å². The minimum atomic E-state index is -0.933. The van der Waals surface area contributed by atoms with Crippen molar-refractivity contribution in [1.29, 1.82) is 0 Å². The molecule has 3 heteroatoms. The second-order valence-electron chi connectivity index (χ2n) is 8.80. The fraction of sp³-hybridized carbons (Fsp3) is 0.0588. The molecule has 0 saturated carbocycles. The molecule has 5 aromatic rings. The third-order valence-corrected chi connectivity index (χ3v) is 6.63. The molecular weight excluding hydrogens is 456 g/mol. The Bertz CT molecular complexity index is 1350. The van der Waals surface area contributed by atoms with Crippen LogP contribution in [0.2, 0.25) is 0 Å². The summed E-state index contributed by atoms with van der Waals surface area (Å²) >= 11 is 0. The van der Waals surface area contributed by atoms with Gasteiger partial charge < -0.3 is 4.74 Å². The lowest BCUT2D eigenvalue weighted by molar-refractivity contribution is -0.146. The molecule has 0 aliphatic carbocycles. The highest BCUT2D eigenvalue weighted by atomic mass is 16.5. The first-order chi connectivity index (χ1) is 18.2. The third-order valence-electron chi connectivity index (χ3n) is 6.63. The van der Waals surface area contributed by atoms with Crippen LogP contribution in [-0.2, 0) is 14.9 Å². The molecule has 0 aliphatic heterocycles. The van der Waals surface area contributed by atoms with E-state index in [4.69, 9.17) is 4.74 Å². The molecule has 3 nitrogen and oxygen atoms in total. The Balaban J connectivity index is 1.77. The molecule has 0 saturated heterocycles. The summed E-state index contributed by atoms with van der Waals surface area (Å²) in [5, 5.41) is 0. The Labute approximate surface area is 217 Å². The Morgan fingerprint density at radius 1 is 0.486 bits per heavy atom. The second-order valence-corrected chi connectivity index (χ2v) is 8.80. The SMILES string of the molecule is O=C(O[C@@H](c1ccccc1)C(c1ccccc1)(c1ccccc1)c1ccccc1)C(=O)c1ccccc1. The van der Waals surface area contributed by atoms with Crippen LogP contribution in [0.4, 0.5) is 0 Å². The van der Waals surface area contributed by atoms with Crippen LogP contribution in [0.25, 0.3) is 0 Å². The van der Waals surface area contributed by atoms with E-state index in [0.29, 0.717) is 5.56 Å². The van der Waals surface area contributed by atoms with Crippen molar-refractivity contribution >= 4 is 11.8 Å². The first-order valence-corrected chi connectivity index (χ1v) is 12.2. The predicted octanol–water partition coefficient (Wildman–Crippen LogP) is 7.19. The van der Waals surface area contributed by atoms with Crippen LogP contribution >= 0.6 is 0 Å². The predicted molar refractivity (Wildman–Crippen MR) is 145 cm³/mol. The van der Waals surface area contributed by atoms with E-state index in [1.807, 2.05) is 121 Å². The van der Waals surface area contributed by atoms with Gasteiger partial charge in [0.05, 0.1) is 5.41 Å². The number of ketones is 1. The summed E-state index contributed by atoms with van der Waals surface area (Å²) in [7, 11) is 0. The zero-order chi connectivity index (χ0) is 25.5. The second kappa shape index (κ2) is 10.9. The number of ether oxygens (including phenoxy) is 1. The molecule has 37 heavy (non-hydrogen) atoms. The monoisotopic (exact) mass is 482 g/mol. The molecule has 180 valence electrons. The topological polar surface area (TPSA) is 43.4 Å². The van der Waals surface area contributed by atoms with Crippen molar-refractivity contribution in [2.45, 2.75) is 11.5 Å². The molecule has 0 aliphatic rings. The zero-order valence-electron chi connectivity index (χ0n) is 20.2. The van der Waals surface area contributed by atoms with Crippen molar-refractivity contribution in [3.05, 3.63) is 179 Å². The molecular formula is C34H26O3. The average Bonchev–Trinajstić information content (AvgIpc) is 2.99. The highest BCUT2D eigenvalue weighted by Crippen LogP contribution is 2.50. The summed E-state index contributed by atoms with van der Waals surface area (Å²) in [6, 6.07) is 48.2. The number of carbonyl (C=O) groups is 2. The standard InChI is InChI=1S/C34H26O3/c35-31(26-16-6-1-7-17-26)33(36)37-32(27-18-8-2-9-19-27)34(28-20-10-3-11-21-28,29-22-12-4-13-23-29)30-24-14-5-15-25-30/h1-25,32H/t32-/m0/s1. The molecule has 0 spiro atoms. The Morgan fingerprint density at radius 2 is 0.838 bits per heavy atom. The van der Waals surface area contributed by atoms with Gasteiger partial charge in [0.15, 0.2) is 0 Å². The summed E-state index contributed by atoms with van der Waals surface area (Å²) in [5.74, 6) is -1.57. The fourth-order valence-electron chi connectivity index (χ4n) is 4.96. The molecule has 0 fully saturated rings. The van der Waals surface area contributed by atoms with Crippen LogP contribution in [0.15, 0.2) is 152 Å². The van der Waals surface area contributed by atoms with Crippen molar-refractivity contribution in [3.63, 3.8) is 0 Å². The van der Waals surface area contributed by atoms with E-state index in [9.17, 15) is 9.59 Å². The van der Waals surface area contributed by atoms with Gasteiger partial charge in [-0.25, -0.2) is 4.79 Å². The number of Topliss-reactive ketones (excluding diaryl/α,β-unsaturated/α-hetero) is 1. The summed E-state index contributed by atoms with van der Waals surface area (Å²) in [5.41, 5.74) is 2.98. The molecule has 0 unspecified atom stereocenters. The maximum atomic E-state index is 13.5. The summed E-state index contributed by atoms with van der Waals surface area (Å²) in [6.45, 7) is 0. The Hall–Kier alpha value is -4.76. The lowest BCUT2D eigenvalue weighted by atomic mass is 9.64. The van der Waals surface area contributed by atoms with Gasteiger partial charge in [-0.05, 0) is 22.3 Å². The highest BCUT2D eigenvalue weighted by Gasteiger charge is 2.47. The highest BCUT2D eigenvalue weighted by molar-refractivity contribution is 6.40. The van der Waals surface area contributed by atoms with Crippen molar-refractivity contribution in [2.24, 2.45) is 0 Å². The van der Waals surface area contributed by atoms with Gasteiger partial charge in [0.2, 0.25) is 0 Å². The zero-order valence-corrected chi connectivity index (χ0v) is 20.2. The molecule has 5 aromatic carbocycles. The Morgan fingerprint density at radius 3 is 1.24 bits per heavy atom. The van der Waals surface area contributed by atoms with Gasteiger partial charge in [0.1, 0.15) is 6.10 Å². The molecule has 0 radical (unpaired) electrons. The van der Waals surface area contributed by atoms with Crippen LogP contribution in [0, 0.1) is 0 Å². The van der Waals surface area contributed by atoms with Gasteiger partial charge in [-0.2, -0.15) is 0 Å². The quantitative estimate of drug-likeness (QED) is 0.102. The van der Waals surface area contributed by atoms with Gasteiger partial charge in [0.25, 0.3) is 5.78 Å². The van der Waals surface area contributed by atoms with Gasteiger partial charge >= 0.3 is 5.97 Å². The Kier molecular flexibility index (Phi) is 7.05. The van der Waals surface area contributed by atoms with Crippen molar-refractivity contribution in [2.75, 3.05) is 0 Å². The maximum Gasteiger partial charge on any atom is 0.380 e. The summed E-state index contributed by atoms with van der Waals surface area (Å²) in [4.78, 5) is 26.7. The van der Waals surface area contributed by atoms with Crippen molar-refractivity contribution in [3.8, 4) is 0 Å². The average molecular weight is 483 g/mol. The van der Waals surface area contributed by atoms with E-state index in [2.05, 4.69) is 0 Å². The smallest absolute Gasteiger partial charge is 0.380 e. The van der Waals surface area contributed by atoms with Crippen LogP contribution in [0.1, 0.15) is 38.7 Å². The molecule has 0 bridgehead atoms. The number of hydrogen-bond acceptors (Lipinski definition) is 3. The van der Waals surface area contributed by atoms with E-state index in [1.54, 1.807) is 30.3 Å². The lowest BCUT2D eigenvalue weighted by Gasteiger charge is -2.42. The minimum absolute atomic E-state index is 0.295. The number of esters is 1. The maximum absolute atomic E-state index is 13.5. The van der Waals surface area contributed by atoms with Crippen LogP contribution in [0.5, 0.6) is 0 Å². The van der Waals surface area contributed by atoms with E-state index < -0.39 is 23.3 Å². The van der Waals surface area contributed by atoms with E-state index in [1.165, 1.54) is 0 Å². The number of benzene rings is 5. The third kappa shape index (κ3) is 4.72. The fourth-order valence-corrected chi connectivity index (χ4v) is 4.96. The first kappa shape index (κ1) is 24.0. The summed E-state index contributed by atoms with van der Waals surface area (Å²) in [6.07, 6.45) is -0.832. The largest absolute Gasteiger partial charge is 0.450 e. The normalized spacial score (nSPS) is 11.9. The molecule has 0 heterocycles. The van der Waals surface area contributed by atoms with Crippen LogP contribution in [0.3, 0.4) is 0 Å². The molecule has 0 aromatic heterocycles. The summed E-state index contributed by atoms with van der Waals surface area (Å²) < 4.78 is 6.29. The number of carbonyl (C=O) groups excluding carboxylic acids is 2. The van der Waals surface area contributed by atoms with E-state index in [0.717, 1.165) is 22.3 Å². The molecule has 5 rings (SSSR count). The number of rotatable bonds is 8. The van der Waals surface area contributed by atoms with Gasteiger partial charge in [0, 0.05) is 5.56 Å². The van der Waals surface area contributed by atoms with Crippen LogP contribution in [-0.4, -0.2) is 11.8 Å². The first-order valence-electron chi connectivity index (χ1n) is 12.2. The van der Waals surface area contributed by atoms with Crippen molar-refractivity contribution in [1.82, 2.24) is 0 Å². The van der Waals surface area contributed by atoms with Gasteiger partial charge in [-0.3, -0.25) is 4.79 Å². The number of hydrogen-bond donors (Lipinski definition) is 0. The molecule has 0 amide bonds. The van der Waals surface area contributed by atoms with Crippen LogP contribution < -0.4 is 0 Å². The lowest BCUT2D eigenvalue weighted by Crippen LogP contribution is -2.40. The minimum Gasteiger partial charge on any atom is -0.450 e.